The van der Waals surface area contributed by atoms with E-state index < -0.39 is 18.1 Å². The highest BCUT2D eigenvalue weighted by Crippen LogP contribution is 2.24. The smallest absolute Gasteiger partial charge is 0.335 e. The van der Waals surface area contributed by atoms with E-state index in [1.165, 1.54) is 23.1 Å². The predicted molar refractivity (Wildman–Crippen MR) is 69.6 cm³/mol. The molecule has 1 atom stereocenters. The molecule has 0 saturated carbocycles. The number of carboxylic acid groups (broad SMARTS) is 1. The van der Waals surface area contributed by atoms with Gasteiger partial charge in [0.05, 0.1) is 22.4 Å². The molecule has 1 aromatic carbocycles. The molecule has 7 heteroatoms. The summed E-state index contributed by atoms with van der Waals surface area (Å²) in [6.45, 7) is 0.727. The minimum atomic E-state index is -1.09. The lowest BCUT2D eigenvalue weighted by Gasteiger charge is -2.17. The van der Waals surface area contributed by atoms with Crippen molar-refractivity contribution in [2.24, 2.45) is 0 Å². The lowest BCUT2D eigenvalue weighted by Crippen LogP contribution is -2.33. The van der Waals surface area contributed by atoms with E-state index in [1.807, 2.05) is 0 Å². The molecule has 0 aromatic heterocycles. The van der Waals surface area contributed by atoms with E-state index in [0.717, 1.165) is 0 Å². The molecule has 2 rings (SSSR count). The van der Waals surface area contributed by atoms with Crippen molar-refractivity contribution < 1.29 is 19.8 Å². The number of hydrogen-bond donors (Lipinski definition) is 3. The Morgan fingerprint density at radius 3 is 2.74 bits per heavy atom. The van der Waals surface area contributed by atoms with E-state index in [-0.39, 0.29) is 22.8 Å². The highest BCUT2D eigenvalue weighted by molar-refractivity contribution is 6.33. The molecule has 0 spiro atoms. The van der Waals surface area contributed by atoms with E-state index in [2.05, 4.69) is 5.32 Å². The lowest BCUT2D eigenvalue weighted by molar-refractivity contribution is 0.0697. The molecule has 102 valence electrons. The number of rotatable bonds is 2. The lowest BCUT2D eigenvalue weighted by atomic mass is 10.2. The zero-order chi connectivity index (χ0) is 14.0. The second kappa shape index (κ2) is 5.46. The number of aromatic carboxylic acids is 1. The standard InChI is InChI=1S/C12H13ClN2O4/c13-9-2-1-7(11(17)18)5-10(9)14-12(19)15-4-3-8(16)6-15/h1-2,5,8,16H,3-4,6H2,(H,14,19)(H,17,18). The molecule has 0 bridgehead atoms. The van der Waals surface area contributed by atoms with Crippen LogP contribution < -0.4 is 5.32 Å². The number of urea groups is 1. The number of benzene rings is 1. The number of aliphatic hydroxyl groups is 1. The average Bonchev–Trinajstić information content (AvgIpc) is 2.78. The van der Waals surface area contributed by atoms with Crippen LogP contribution in [-0.2, 0) is 0 Å². The molecular weight excluding hydrogens is 272 g/mol. The summed E-state index contributed by atoms with van der Waals surface area (Å²) in [5.41, 5.74) is 0.286. The normalized spacial score (nSPS) is 18.4. The molecule has 3 N–H and O–H groups in total. The van der Waals surface area contributed by atoms with Crippen LogP contribution in [0.5, 0.6) is 0 Å². The van der Waals surface area contributed by atoms with Crippen LogP contribution in [0.15, 0.2) is 18.2 Å². The fourth-order valence-corrected chi connectivity index (χ4v) is 2.04. The Bertz CT molecular complexity index is 520. The van der Waals surface area contributed by atoms with Gasteiger partial charge in [0.1, 0.15) is 0 Å². The van der Waals surface area contributed by atoms with Crippen molar-refractivity contribution in [1.29, 1.82) is 0 Å². The zero-order valence-electron chi connectivity index (χ0n) is 9.97. The molecule has 1 aromatic rings. The van der Waals surface area contributed by atoms with Crippen molar-refractivity contribution in [3.63, 3.8) is 0 Å². The molecule has 2 amide bonds. The second-order valence-electron chi connectivity index (χ2n) is 4.32. The Kier molecular flexibility index (Phi) is 3.92. The molecule has 1 fully saturated rings. The van der Waals surface area contributed by atoms with Gasteiger partial charge in [-0.1, -0.05) is 11.6 Å². The Morgan fingerprint density at radius 1 is 1.42 bits per heavy atom. The van der Waals surface area contributed by atoms with Crippen LogP contribution in [0.1, 0.15) is 16.8 Å². The Labute approximate surface area is 114 Å². The number of carbonyl (C=O) groups excluding carboxylic acids is 1. The van der Waals surface area contributed by atoms with Crippen LogP contribution in [-0.4, -0.2) is 46.3 Å². The van der Waals surface area contributed by atoms with Crippen molar-refractivity contribution in [2.75, 3.05) is 18.4 Å². The van der Waals surface area contributed by atoms with Crippen molar-refractivity contribution >= 4 is 29.3 Å². The molecular formula is C12H13ClN2O4. The van der Waals surface area contributed by atoms with Crippen molar-refractivity contribution in [3.8, 4) is 0 Å². The van der Waals surface area contributed by atoms with E-state index in [1.54, 1.807) is 0 Å². The van der Waals surface area contributed by atoms with E-state index in [4.69, 9.17) is 16.7 Å². The average molecular weight is 285 g/mol. The Hall–Kier alpha value is -1.79. The summed E-state index contributed by atoms with van der Waals surface area (Å²) in [6, 6.07) is 3.68. The van der Waals surface area contributed by atoms with Crippen LogP contribution in [0.25, 0.3) is 0 Å². The van der Waals surface area contributed by atoms with Gasteiger partial charge < -0.3 is 20.4 Å². The zero-order valence-corrected chi connectivity index (χ0v) is 10.7. The molecule has 1 aliphatic rings. The summed E-state index contributed by atoms with van der Waals surface area (Å²) < 4.78 is 0. The van der Waals surface area contributed by atoms with Crippen LogP contribution in [0.4, 0.5) is 10.5 Å². The first-order valence-corrected chi connectivity index (χ1v) is 6.12. The van der Waals surface area contributed by atoms with Gasteiger partial charge in [0.25, 0.3) is 0 Å². The number of halogens is 1. The van der Waals surface area contributed by atoms with Gasteiger partial charge >= 0.3 is 12.0 Å². The van der Waals surface area contributed by atoms with Gasteiger partial charge in [-0.2, -0.15) is 0 Å². The summed E-state index contributed by atoms with van der Waals surface area (Å²) in [5.74, 6) is -1.09. The number of aliphatic hydroxyl groups excluding tert-OH is 1. The van der Waals surface area contributed by atoms with E-state index >= 15 is 0 Å². The van der Waals surface area contributed by atoms with Crippen molar-refractivity contribution in [3.05, 3.63) is 28.8 Å². The molecule has 6 nitrogen and oxygen atoms in total. The Balaban J connectivity index is 2.12. The summed E-state index contributed by atoms with van der Waals surface area (Å²) >= 11 is 5.90. The van der Waals surface area contributed by atoms with E-state index in [0.29, 0.717) is 13.0 Å². The predicted octanol–water partition coefficient (Wildman–Crippen LogP) is 1.64. The third-order valence-corrected chi connectivity index (χ3v) is 3.24. The molecule has 19 heavy (non-hydrogen) atoms. The number of carboxylic acids is 1. The second-order valence-corrected chi connectivity index (χ2v) is 4.73. The van der Waals surface area contributed by atoms with Crippen molar-refractivity contribution in [1.82, 2.24) is 4.90 Å². The summed E-state index contributed by atoms with van der Waals surface area (Å²) in [7, 11) is 0. The molecule has 1 saturated heterocycles. The topological polar surface area (TPSA) is 89.9 Å². The van der Waals surface area contributed by atoms with Crippen LogP contribution >= 0.6 is 11.6 Å². The first-order valence-electron chi connectivity index (χ1n) is 5.74. The summed E-state index contributed by atoms with van der Waals surface area (Å²) in [4.78, 5) is 24.2. The maximum Gasteiger partial charge on any atom is 0.335 e. The highest BCUT2D eigenvalue weighted by atomic mass is 35.5. The van der Waals surface area contributed by atoms with E-state index in [9.17, 15) is 14.7 Å². The maximum atomic E-state index is 11.9. The molecule has 1 aliphatic heterocycles. The molecule has 1 heterocycles. The fraction of sp³-hybridized carbons (Fsp3) is 0.333. The first kappa shape index (κ1) is 13.6. The van der Waals surface area contributed by atoms with Crippen LogP contribution in [0.2, 0.25) is 5.02 Å². The summed E-state index contributed by atoms with van der Waals surface area (Å²) in [5, 5.41) is 21.1. The minimum Gasteiger partial charge on any atom is -0.478 e. The number of amides is 2. The number of hydrogen-bond acceptors (Lipinski definition) is 3. The summed E-state index contributed by atoms with van der Waals surface area (Å²) in [6.07, 6.45) is 0.0302. The minimum absolute atomic E-state index is 0.0427. The van der Waals surface area contributed by atoms with Gasteiger partial charge in [0, 0.05) is 13.1 Å². The first-order chi connectivity index (χ1) is 8.97. The quantitative estimate of drug-likeness (QED) is 0.770. The van der Waals surface area contributed by atoms with Gasteiger partial charge in [-0.15, -0.1) is 0 Å². The third-order valence-electron chi connectivity index (χ3n) is 2.91. The van der Waals surface area contributed by atoms with Crippen molar-refractivity contribution in [2.45, 2.75) is 12.5 Å². The van der Waals surface area contributed by atoms with Crippen LogP contribution in [0, 0.1) is 0 Å². The van der Waals surface area contributed by atoms with Gasteiger partial charge in [0.2, 0.25) is 0 Å². The number of anilines is 1. The SMILES string of the molecule is O=C(O)c1ccc(Cl)c(NC(=O)N2CCC(O)C2)c1. The highest BCUT2D eigenvalue weighted by Gasteiger charge is 2.25. The van der Waals surface area contributed by atoms with Gasteiger partial charge in [-0.05, 0) is 24.6 Å². The number of nitrogens with one attached hydrogen (secondary N) is 1. The molecule has 0 aliphatic carbocycles. The Morgan fingerprint density at radius 2 is 2.16 bits per heavy atom. The number of carbonyl (C=O) groups is 2. The van der Waals surface area contributed by atoms with Crippen LogP contribution in [0.3, 0.4) is 0 Å². The fourth-order valence-electron chi connectivity index (χ4n) is 1.87. The van der Waals surface area contributed by atoms with Gasteiger partial charge in [-0.3, -0.25) is 0 Å². The monoisotopic (exact) mass is 284 g/mol. The number of nitrogens with zero attached hydrogens (tertiary/aromatic N) is 1. The number of likely N-dealkylation sites (tertiary alicyclic amines) is 1. The molecule has 1 unspecified atom stereocenters. The molecule has 0 radical (unpaired) electrons. The maximum absolute atomic E-state index is 11.9. The number of β-amino-alcohol motifs (C(OH)–C–C–N with tert-alkyl or cyclic N) is 1. The largest absolute Gasteiger partial charge is 0.478 e. The van der Waals surface area contributed by atoms with Gasteiger partial charge in [-0.25, -0.2) is 9.59 Å². The van der Waals surface area contributed by atoms with Gasteiger partial charge in [0.15, 0.2) is 0 Å². The third kappa shape index (κ3) is 3.15.